The van der Waals surface area contributed by atoms with E-state index in [1.807, 2.05) is 24.4 Å². The van der Waals surface area contributed by atoms with E-state index in [1.54, 1.807) is 12.1 Å². The lowest BCUT2D eigenvalue weighted by atomic mass is 10.1. The Morgan fingerprint density at radius 1 is 1.04 bits per heavy atom. The number of aryl methyl sites for hydroxylation is 1. The van der Waals surface area contributed by atoms with Crippen molar-refractivity contribution in [1.29, 1.82) is 0 Å². The summed E-state index contributed by atoms with van der Waals surface area (Å²) >= 11 is 0. The molecular formula is C18H22N4O2. The predicted molar refractivity (Wildman–Crippen MR) is 92.6 cm³/mol. The number of nitro benzene ring substituents is 1. The summed E-state index contributed by atoms with van der Waals surface area (Å²) in [5.41, 5.74) is 3.67. The highest BCUT2D eigenvalue weighted by Gasteiger charge is 2.18. The number of aromatic nitrogens is 1. The minimum Gasteiger partial charge on any atom is -0.297 e. The van der Waals surface area contributed by atoms with Gasteiger partial charge in [0.1, 0.15) is 0 Å². The fraction of sp³-hybridized carbons (Fsp3) is 0.389. The number of hydrogen-bond acceptors (Lipinski definition) is 5. The Bertz CT molecular complexity index is 694. The fourth-order valence-electron chi connectivity index (χ4n) is 3.01. The van der Waals surface area contributed by atoms with E-state index in [4.69, 9.17) is 0 Å². The van der Waals surface area contributed by atoms with Crippen LogP contribution in [0.1, 0.15) is 16.8 Å². The Labute approximate surface area is 141 Å². The van der Waals surface area contributed by atoms with Crippen molar-refractivity contribution < 1.29 is 4.92 Å². The van der Waals surface area contributed by atoms with E-state index in [0.717, 1.165) is 50.5 Å². The molecule has 0 aliphatic carbocycles. The van der Waals surface area contributed by atoms with Gasteiger partial charge < -0.3 is 0 Å². The number of nitro groups is 1. The zero-order chi connectivity index (χ0) is 16.9. The zero-order valence-corrected chi connectivity index (χ0v) is 13.9. The Morgan fingerprint density at radius 3 is 2.25 bits per heavy atom. The molecule has 1 aromatic carbocycles. The van der Waals surface area contributed by atoms with E-state index in [0.29, 0.717) is 0 Å². The zero-order valence-electron chi connectivity index (χ0n) is 13.9. The van der Waals surface area contributed by atoms with Crippen molar-refractivity contribution >= 4 is 5.69 Å². The van der Waals surface area contributed by atoms with Gasteiger partial charge in [0.15, 0.2) is 0 Å². The summed E-state index contributed by atoms with van der Waals surface area (Å²) in [6.45, 7) is 7.93. The molecule has 0 atom stereocenters. The quantitative estimate of drug-likeness (QED) is 0.624. The summed E-state index contributed by atoms with van der Waals surface area (Å²) in [5, 5.41) is 10.7. The molecule has 0 amide bonds. The first-order valence-corrected chi connectivity index (χ1v) is 8.20. The molecule has 0 radical (unpaired) electrons. The van der Waals surface area contributed by atoms with Gasteiger partial charge in [-0.25, -0.2) is 0 Å². The molecule has 1 aromatic heterocycles. The lowest BCUT2D eigenvalue weighted by Crippen LogP contribution is -2.45. The number of rotatable bonds is 5. The van der Waals surface area contributed by atoms with E-state index >= 15 is 0 Å². The molecule has 2 heterocycles. The Morgan fingerprint density at radius 2 is 1.67 bits per heavy atom. The predicted octanol–water partition coefficient (Wildman–Crippen LogP) is 2.62. The third kappa shape index (κ3) is 4.15. The highest BCUT2D eigenvalue weighted by Crippen LogP contribution is 2.15. The molecular weight excluding hydrogens is 304 g/mol. The minimum absolute atomic E-state index is 0.149. The molecule has 2 aromatic rings. The van der Waals surface area contributed by atoms with Gasteiger partial charge in [0.2, 0.25) is 0 Å². The first-order chi connectivity index (χ1) is 11.6. The van der Waals surface area contributed by atoms with Gasteiger partial charge >= 0.3 is 0 Å². The van der Waals surface area contributed by atoms with Crippen molar-refractivity contribution in [3.63, 3.8) is 0 Å². The van der Waals surface area contributed by atoms with Crippen LogP contribution in [0.2, 0.25) is 0 Å². The van der Waals surface area contributed by atoms with Gasteiger partial charge in [-0.1, -0.05) is 18.2 Å². The van der Waals surface area contributed by atoms with Gasteiger partial charge in [0.25, 0.3) is 5.69 Å². The second kappa shape index (κ2) is 7.51. The topological polar surface area (TPSA) is 62.5 Å². The second-order valence-electron chi connectivity index (χ2n) is 6.22. The van der Waals surface area contributed by atoms with E-state index in [-0.39, 0.29) is 10.6 Å². The van der Waals surface area contributed by atoms with Crippen LogP contribution in [0.15, 0.2) is 42.6 Å². The molecule has 6 heteroatoms. The number of non-ortho nitro benzene ring substituents is 1. The highest BCUT2D eigenvalue weighted by molar-refractivity contribution is 5.32. The van der Waals surface area contributed by atoms with Gasteiger partial charge in [-0.05, 0) is 24.1 Å². The van der Waals surface area contributed by atoms with E-state index in [9.17, 15) is 10.1 Å². The summed E-state index contributed by atoms with van der Waals surface area (Å²) in [5.74, 6) is 0. The van der Waals surface area contributed by atoms with Gasteiger partial charge in [0, 0.05) is 63.3 Å². The van der Waals surface area contributed by atoms with Crippen LogP contribution in [-0.4, -0.2) is 45.9 Å². The van der Waals surface area contributed by atoms with Crippen LogP contribution in [0, 0.1) is 17.0 Å². The van der Waals surface area contributed by atoms with Crippen molar-refractivity contribution in [2.45, 2.75) is 20.0 Å². The summed E-state index contributed by atoms with van der Waals surface area (Å²) in [6, 6.07) is 11.0. The average molecular weight is 326 g/mol. The maximum Gasteiger partial charge on any atom is 0.269 e. The number of benzene rings is 1. The Kier molecular flexibility index (Phi) is 5.17. The van der Waals surface area contributed by atoms with Crippen molar-refractivity contribution in [1.82, 2.24) is 14.8 Å². The lowest BCUT2D eigenvalue weighted by molar-refractivity contribution is -0.384. The normalized spacial score (nSPS) is 16.2. The average Bonchev–Trinajstić information content (AvgIpc) is 2.59. The molecule has 0 bridgehead atoms. The van der Waals surface area contributed by atoms with E-state index < -0.39 is 0 Å². The largest absolute Gasteiger partial charge is 0.297 e. The van der Waals surface area contributed by atoms with E-state index in [1.165, 1.54) is 5.56 Å². The first-order valence-electron chi connectivity index (χ1n) is 8.20. The Hall–Kier alpha value is -2.31. The molecule has 126 valence electrons. The van der Waals surface area contributed by atoms with Crippen LogP contribution in [0.3, 0.4) is 0 Å². The molecule has 0 spiro atoms. The second-order valence-corrected chi connectivity index (χ2v) is 6.22. The van der Waals surface area contributed by atoms with Gasteiger partial charge in [-0.2, -0.15) is 0 Å². The number of hydrogen-bond donors (Lipinski definition) is 0. The van der Waals surface area contributed by atoms with Crippen LogP contribution < -0.4 is 0 Å². The number of piperazine rings is 1. The van der Waals surface area contributed by atoms with Gasteiger partial charge in [-0.3, -0.25) is 24.9 Å². The molecule has 1 aliphatic heterocycles. The first kappa shape index (κ1) is 16.5. The summed E-state index contributed by atoms with van der Waals surface area (Å²) in [4.78, 5) is 19.5. The molecule has 1 aliphatic rings. The smallest absolute Gasteiger partial charge is 0.269 e. The SMILES string of the molecule is Cc1ncccc1CN1CCN(Cc2ccc([N+](=O)[O-])cc2)CC1. The Balaban J connectivity index is 1.50. The molecule has 24 heavy (non-hydrogen) atoms. The van der Waals surface area contributed by atoms with Crippen molar-refractivity contribution in [2.24, 2.45) is 0 Å². The number of nitrogens with zero attached hydrogens (tertiary/aromatic N) is 4. The molecule has 0 N–H and O–H groups in total. The van der Waals surface area contributed by atoms with Crippen LogP contribution in [0.25, 0.3) is 0 Å². The number of pyridine rings is 1. The maximum atomic E-state index is 10.7. The van der Waals surface area contributed by atoms with Crippen LogP contribution >= 0.6 is 0 Å². The lowest BCUT2D eigenvalue weighted by Gasteiger charge is -2.34. The third-order valence-corrected chi connectivity index (χ3v) is 4.53. The minimum atomic E-state index is -0.358. The van der Waals surface area contributed by atoms with Crippen molar-refractivity contribution in [3.05, 3.63) is 69.5 Å². The highest BCUT2D eigenvalue weighted by atomic mass is 16.6. The molecule has 6 nitrogen and oxygen atoms in total. The maximum absolute atomic E-state index is 10.7. The summed E-state index contributed by atoms with van der Waals surface area (Å²) in [6.07, 6.45) is 1.83. The van der Waals surface area contributed by atoms with Crippen molar-refractivity contribution in [2.75, 3.05) is 26.2 Å². The van der Waals surface area contributed by atoms with Gasteiger partial charge in [0.05, 0.1) is 4.92 Å². The standard InChI is InChI=1S/C18H22N4O2/c1-15-17(3-2-8-19-15)14-21-11-9-20(10-12-21)13-16-4-6-18(7-5-16)22(23)24/h2-8H,9-14H2,1H3. The molecule has 3 rings (SSSR count). The summed E-state index contributed by atoms with van der Waals surface area (Å²) in [7, 11) is 0. The monoisotopic (exact) mass is 326 g/mol. The molecule has 1 fully saturated rings. The van der Waals surface area contributed by atoms with Crippen LogP contribution in [0.4, 0.5) is 5.69 Å². The van der Waals surface area contributed by atoms with E-state index in [2.05, 4.69) is 27.8 Å². The third-order valence-electron chi connectivity index (χ3n) is 4.53. The van der Waals surface area contributed by atoms with Gasteiger partial charge in [-0.15, -0.1) is 0 Å². The fourth-order valence-corrected chi connectivity index (χ4v) is 3.01. The molecule has 1 saturated heterocycles. The molecule has 0 unspecified atom stereocenters. The van der Waals surface area contributed by atoms with Crippen molar-refractivity contribution in [3.8, 4) is 0 Å². The van der Waals surface area contributed by atoms with Crippen LogP contribution in [-0.2, 0) is 13.1 Å². The molecule has 0 saturated carbocycles. The summed E-state index contributed by atoms with van der Waals surface area (Å²) < 4.78 is 0. The van der Waals surface area contributed by atoms with Crippen LogP contribution in [0.5, 0.6) is 0 Å².